The maximum atomic E-state index is 11.5. The van der Waals surface area contributed by atoms with E-state index >= 15 is 0 Å². The van der Waals surface area contributed by atoms with Gasteiger partial charge in [0.1, 0.15) is 0 Å². The van der Waals surface area contributed by atoms with Crippen LogP contribution in [0.3, 0.4) is 0 Å². The average Bonchev–Trinajstić information content (AvgIpc) is 2.36. The van der Waals surface area contributed by atoms with Crippen molar-refractivity contribution in [2.45, 2.75) is 26.7 Å². The lowest BCUT2D eigenvalue weighted by Crippen LogP contribution is -2.38. The predicted molar refractivity (Wildman–Crippen MR) is 80.6 cm³/mol. The fourth-order valence-corrected chi connectivity index (χ4v) is 1.94. The fourth-order valence-electron chi connectivity index (χ4n) is 1.72. The van der Waals surface area contributed by atoms with E-state index in [1.807, 2.05) is 38.1 Å². The monoisotopic (exact) mass is 296 g/mol. The van der Waals surface area contributed by atoms with Gasteiger partial charge in [-0.25, -0.2) is 0 Å². The standard InChI is InChI=1S/C15H21ClN2O2/c1-11(2)8-14(19)18-10-15(20)17-7-6-12-4-3-5-13(16)9-12/h3-5,9,11H,6-8,10H2,1-2H3,(H,17,20)(H,18,19). The van der Waals surface area contributed by atoms with Gasteiger partial charge in [-0.15, -0.1) is 0 Å². The molecule has 0 aliphatic heterocycles. The maximum Gasteiger partial charge on any atom is 0.239 e. The molecule has 1 rings (SSSR count). The lowest BCUT2D eigenvalue weighted by Gasteiger charge is -2.08. The molecule has 0 bridgehead atoms. The zero-order valence-corrected chi connectivity index (χ0v) is 12.7. The molecule has 1 aromatic carbocycles. The van der Waals surface area contributed by atoms with Gasteiger partial charge in [0.15, 0.2) is 0 Å². The molecule has 110 valence electrons. The van der Waals surface area contributed by atoms with Crippen molar-refractivity contribution in [2.75, 3.05) is 13.1 Å². The highest BCUT2D eigenvalue weighted by atomic mass is 35.5. The van der Waals surface area contributed by atoms with E-state index in [9.17, 15) is 9.59 Å². The van der Waals surface area contributed by atoms with Gasteiger partial charge >= 0.3 is 0 Å². The Hall–Kier alpha value is -1.55. The van der Waals surface area contributed by atoms with Crippen LogP contribution in [0.25, 0.3) is 0 Å². The van der Waals surface area contributed by atoms with E-state index in [1.165, 1.54) is 0 Å². The Bertz CT molecular complexity index is 461. The van der Waals surface area contributed by atoms with E-state index < -0.39 is 0 Å². The van der Waals surface area contributed by atoms with Crippen molar-refractivity contribution in [1.82, 2.24) is 10.6 Å². The summed E-state index contributed by atoms with van der Waals surface area (Å²) < 4.78 is 0. The number of rotatable bonds is 7. The molecule has 5 heteroatoms. The highest BCUT2D eigenvalue weighted by molar-refractivity contribution is 6.30. The highest BCUT2D eigenvalue weighted by Crippen LogP contribution is 2.10. The first-order valence-corrected chi connectivity index (χ1v) is 7.13. The Labute approximate surface area is 124 Å². The molecule has 4 nitrogen and oxygen atoms in total. The van der Waals surface area contributed by atoms with Gasteiger partial charge in [-0.2, -0.15) is 0 Å². The first-order chi connectivity index (χ1) is 9.47. The second-order valence-electron chi connectivity index (χ2n) is 5.10. The smallest absolute Gasteiger partial charge is 0.239 e. The quantitative estimate of drug-likeness (QED) is 0.810. The van der Waals surface area contributed by atoms with Crippen LogP contribution in [-0.4, -0.2) is 24.9 Å². The third-order valence-corrected chi connectivity index (χ3v) is 2.90. The topological polar surface area (TPSA) is 58.2 Å². The largest absolute Gasteiger partial charge is 0.354 e. The van der Waals surface area contributed by atoms with Crippen molar-refractivity contribution in [2.24, 2.45) is 5.92 Å². The molecule has 0 unspecified atom stereocenters. The molecule has 0 fully saturated rings. The van der Waals surface area contributed by atoms with Gasteiger partial charge in [0, 0.05) is 18.0 Å². The Morgan fingerprint density at radius 1 is 1.20 bits per heavy atom. The molecule has 2 amide bonds. The molecule has 0 spiro atoms. The van der Waals surface area contributed by atoms with Gasteiger partial charge in [-0.3, -0.25) is 9.59 Å². The molecule has 0 heterocycles. The number of amides is 2. The molecule has 0 radical (unpaired) electrons. The molecule has 0 saturated heterocycles. The molecule has 0 saturated carbocycles. The first kappa shape index (κ1) is 16.5. The average molecular weight is 297 g/mol. The third-order valence-electron chi connectivity index (χ3n) is 2.66. The van der Waals surface area contributed by atoms with E-state index in [0.717, 1.165) is 5.56 Å². The molecule has 20 heavy (non-hydrogen) atoms. The van der Waals surface area contributed by atoms with Crippen LogP contribution in [0.4, 0.5) is 0 Å². The molecule has 2 N–H and O–H groups in total. The van der Waals surface area contributed by atoms with Gasteiger partial charge < -0.3 is 10.6 Å². The van der Waals surface area contributed by atoms with Crippen molar-refractivity contribution in [3.8, 4) is 0 Å². The summed E-state index contributed by atoms with van der Waals surface area (Å²) in [6, 6.07) is 7.53. The second-order valence-corrected chi connectivity index (χ2v) is 5.54. The fraction of sp³-hybridized carbons (Fsp3) is 0.467. The number of nitrogens with one attached hydrogen (secondary N) is 2. The number of hydrogen-bond acceptors (Lipinski definition) is 2. The Kier molecular flexibility index (Phi) is 7.09. The summed E-state index contributed by atoms with van der Waals surface area (Å²) in [5.41, 5.74) is 1.07. The lowest BCUT2D eigenvalue weighted by atomic mass is 10.1. The van der Waals surface area contributed by atoms with Crippen LogP contribution >= 0.6 is 11.6 Å². The maximum absolute atomic E-state index is 11.5. The van der Waals surface area contributed by atoms with Gasteiger partial charge in [0.25, 0.3) is 0 Å². The minimum absolute atomic E-state index is 0.0289. The van der Waals surface area contributed by atoms with Gasteiger partial charge in [-0.05, 0) is 30.0 Å². The van der Waals surface area contributed by atoms with Crippen LogP contribution in [0, 0.1) is 5.92 Å². The van der Waals surface area contributed by atoms with Crippen molar-refractivity contribution in [3.63, 3.8) is 0 Å². The summed E-state index contributed by atoms with van der Waals surface area (Å²) in [6.45, 7) is 4.48. The molecule has 0 aromatic heterocycles. The van der Waals surface area contributed by atoms with E-state index in [-0.39, 0.29) is 18.4 Å². The predicted octanol–water partition coefficient (Wildman–Crippen LogP) is 2.16. The summed E-state index contributed by atoms with van der Waals surface area (Å²) >= 11 is 5.88. The molecule has 1 aromatic rings. The molecular weight excluding hydrogens is 276 g/mol. The summed E-state index contributed by atoms with van der Waals surface area (Å²) in [4.78, 5) is 22.9. The molecule has 0 aliphatic rings. The third kappa shape index (κ3) is 7.14. The van der Waals surface area contributed by atoms with E-state index in [2.05, 4.69) is 10.6 Å². The van der Waals surface area contributed by atoms with Gasteiger partial charge in [0.2, 0.25) is 11.8 Å². The number of halogens is 1. The molecular formula is C15H21ClN2O2. The van der Waals surface area contributed by atoms with E-state index in [0.29, 0.717) is 30.3 Å². The number of carbonyl (C=O) groups is 2. The van der Waals surface area contributed by atoms with Crippen LogP contribution in [0.5, 0.6) is 0 Å². The minimum atomic E-state index is -0.177. The SMILES string of the molecule is CC(C)CC(=O)NCC(=O)NCCc1cccc(Cl)c1. The van der Waals surface area contributed by atoms with Crippen molar-refractivity contribution < 1.29 is 9.59 Å². The van der Waals surface area contributed by atoms with Crippen LogP contribution in [0.15, 0.2) is 24.3 Å². The Morgan fingerprint density at radius 2 is 1.95 bits per heavy atom. The van der Waals surface area contributed by atoms with E-state index in [4.69, 9.17) is 11.6 Å². The van der Waals surface area contributed by atoms with Crippen molar-refractivity contribution in [1.29, 1.82) is 0 Å². The molecule has 0 atom stereocenters. The van der Waals surface area contributed by atoms with Crippen molar-refractivity contribution >= 4 is 23.4 Å². The van der Waals surface area contributed by atoms with Crippen LogP contribution in [-0.2, 0) is 16.0 Å². The Morgan fingerprint density at radius 3 is 2.60 bits per heavy atom. The lowest BCUT2D eigenvalue weighted by molar-refractivity contribution is -0.126. The van der Waals surface area contributed by atoms with Crippen LogP contribution in [0.1, 0.15) is 25.8 Å². The van der Waals surface area contributed by atoms with Gasteiger partial charge in [-0.1, -0.05) is 37.6 Å². The molecule has 0 aliphatic carbocycles. The first-order valence-electron chi connectivity index (χ1n) is 6.75. The highest BCUT2D eigenvalue weighted by Gasteiger charge is 2.07. The number of hydrogen-bond donors (Lipinski definition) is 2. The number of carbonyl (C=O) groups excluding carboxylic acids is 2. The minimum Gasteiger partial charge on any atom is -0.354 e. The van der Waals surface area contributed by atoms with Gasteiger partial charge in [0.05, 0.1) is 6.54 Å². The normalized spacial score (nSPS) is 10.4. The summed E-state index contributed by atoms with van der Waals surface area (Å²) in [5, 5.41) is 6.05. The summed E-state index contributed by atoms with van der Waals surface area (Å²) in [7, 11) is 0. The van der Waals surface area contributed by atoms with Crippen molar-refractivity contribution in [3.05, 3.63) is 34.9 Å². The zero-order chi connectivity index (χ0) is 15.0. The van der Waals surface area contributed by atoms with Crippen LogP contribution < -0.4 is 10.6 Å². The second kappa shape index (κ2) is 8.59. The number of benzene rings is 1. The van der Waals surface area contributed by atoms with Crippen LogP contribution in [0.2, 0.25) is 5.02 Å². The summed E-state index contributed by atoms with van der Waals surface area (Å²) in [5.74, 6) is 0.0232. The summed E-state index contributed by atoms with van der Waals surface area (Å²) in [6.07, 6.45) is 1.15. The Balaban J connectivity index is 2.19. The van der Waals surface area contributed by atoms with E-state index in [1.54, 1.807) is 0 Å². The zero-order valence-electron chi connectivity index (χ0n) is 11.9.